The van der Waals surface area contributed by atoms with Gasteiger partial charge in [-0.05, 0) is 26.0 Å². The number of nitrogens with one attached hydrogen (secondary N) is 1. The van der Waals surface area contributed by atoms with E-state index >= 15 is 0 Å². The Hall–Kier alpha value is -1.13. The van der Waals surface area contributed by atoms with Gasteiger partial charge in [0.15, 0.2) is 0 Å². The van der Waals surface area contributed by atoms with Crippen molar-refractivity contribution < 1.29 is 14.2 Å². The van der Waals surface area contributed by atoms with E-state index in [1.807, 2.05) is 6.92 Å². The van der Waals surface area contributed by atoms with Gasteiger partial charge >= 0.3 is 0 Å². The monoisotopic (exact) mass is 227 g/mol. The third-order valence-corrected chi connectivity index (χ3v) is 2.39. The van der Waals surface area contributed by atoms with Crippen LogP contribution >= 0.6 is 0 Å². The summed E-state index contributed by atoms with van der Waals surface area (Å²) in [5.74, 6) is 0.218. The number of ether oxygens (including phenoxy) is 1. The highest BCUT2D eigenvalue weighted by atomic mass is 19.1. The van der Waals surface area contributed by atoms with E-state index in [4.69, 9.17) is 9.84 Å². The van der Waals surface area contributed by atoms with Crippen molar-refractivity contribution in [2.75, 3.05) is 13.7 Å². The first kappa shape index (κ1) is 12.9. The van der Waals surface area contributed by atoms with Crippen LogP contribution in [0.3, 0.4) is 0 Å². The van der Waals surface area contributed by atoms with Gasteiger partial charge in [0.1, 0.15) is 11.6 Å². The van der Waals surface area contributed by atoms with Gasteiger partial charge in [0.25, 0.3) is 0 Å². The molecule has 0 saturated heterocycles. The Labute approximate surface area is 95.2 Å². The van der Waals surface area contributed by atoms with E-state index in [2.05, 4.69) is 5.32 Å². The van der Waals surface area contributed by atoms with Crippen molar-refractivity contribution >= 4 is 0 Å². The Balaban J connectivity index is 2.84. The number of aliphatic hydroxyl groups excluding tert-OH is 1. The molecular formula is C12H18FNO2. The van der Waals surface area contributed by atoms with E-state index in [0.29, 0.717) is 17.9 Å². The summed E-state index contributed by atoms with van der Waals surface area (Å²) in [5, 5.41) is 12.2. The van der Waals surface area contributed by atoms with Gasteiger partial charge in [0, 0.05) is 18.2 Å². The predicted octanol–water partition coefficient (Wildman–Crippen LogP) is 1.87. The van der Waals surface area contributed by atoms with Crippen molar-refractivity contribution in [2.45, 2.75) is 26.0 Å². The average Bonchev–Trinajstić information content (AvgIpc) is 2.25. The van der Waals surface area contributed by atoms with Crippen molar-refractivity contribution in [3.05, 3.63) is 29.6 Å². The molecule has 0 aliphatic carbocycles. The molecule has 1 aromatic carbocycles. The zero-order chi connectivity index (χ0) is 12.1. The molecule has 1 aromatic rings. The maximum atomic E-state index is 13.6. The lowest BCUT2D eigenvalue weighted by Crippen LogP contribution is -2.27. The fourth-order valence-corrected chi connectivity index (χ4v) is 1.56. The van der Waals surface area contributed by atoms with Crippen LogP contribution in [0.4, 0.5) is 4.39 Å². The quantitative estimate of drug-likeness (QED) is 0.806. The van der Waals surface area contributed by atoms with Crippen LogP contribution in [0.25, 0.3) is 0 Å². The Bertz CT molecular complexity index is 342. The molecule has 0 aliphatic rings. The molecule has 3 nitrogen and oxygen atoms in total. The second-order valence-electron chi connectivity index (χ2n) is 3.83. The number of methoxy groups -OCH3 is 1. The molecule has 90 valence electrons. The number of benzene rings is 1. The molecule has 0 radical (unpaired) electrons. The van der Waals surface area contributed by atoms with Gasteiger partial charge in [-0.15, -0.1) is 0 Å². The minimum atomic E-state index is -0.458. The first-order valence-corrected chi connectivity index (χ1v) is 5.30. The normalized spacial score (nSPS) is 14.6. The SMILES string of the molecule is COc1cccc(F)c1C(C)NCC(C)O. The third kappa shape index (κ3) is 3.18. The highest BCUT2D eigenvalue weighted by Crippen LogP contribution is 2.27. The van der Waals surface area contributed by atoms with Crippen molar-refractivity contribution in [3.8, 4) is 5.75 Å². The summed E-state index contributed by atoms with van der Waals surface area (Å²) >= 11 is 0. The molecule has 0 amide bonds. The van der Waals surface area contributed by atoms with E-state index in [1.54, 1.807) is 19.1 Å². The molecule has 0 heterocycles. The van der Waals surface area contributed by atoms with Crippen LogP contribution in [-0.2, 0) is 0 Å². The zero-order valence-corrected chi connectivity index (χ0v) is 9.83. The lowest BCUT2D eigenvalue weighted by Gasteiger charge is -2.18. The van der Waals surface area contributed by atoms with Crippen LogP contribution in [-0.4, -0.2) is 24.9 Å². The fraction of sp³-hybridized carbons (Fsp3) is 0.500. The summed E-state index contributed by atoms with van der Waals surface area (Å²) in [5.41, 5.74) is 0.491. The molecule has 0 spiro atoms. The number of halogens is 1. The summed E-state index contributed by atoms with van der Waals surface area (Å²) in [4.78, 5) is 0. The molecule has 1 rings (SSSR count). The number of aliphatic hydroxyl groups is 1. The Morgan fingerprint density at radius 2 is 2.12 bits per heavy atom. The van der Waals surface area contributed by atoms with Gasteiger partial charge < -0.3 is 15.2 Å². The van der Waals surface area contributed by atoms with Crippen LogP contribution in [0, 0.1) is 5.82 Å². The third-order valence-electron chi connectivity index (χ3n) is 2.39. The second-order valence-corrected chi connectivity index (χ2v) is 3.83. The average molecular weight is 227 g/mol. The molecule has 0 saturated carbocycles. The fourth-order valence-electron chi connectivity index (χ4n) is 1.56. The Morgan fingerprint density at radius 3 is 2.69 bits per heavy atom. The minimum Gasteiger partial charge on any atom is -0.496 e. The zero-order valence-electron chi connectivity index (χ0n) is 9.83. The number of rotatable bonds is 5. The van der Waals surface area contributed by atoms with E-state index in [1.165, 1.54) is 13.2 Å². The number of hydrogen-bond donors (Lipinski definition) is 2. The summed E-state index contributed by atoms with van der Waals surface area (Å²) < 4.78 is 18.7. The summed E-state index contributed by atoms with van der Waals surface area (Å²) in [6.07, 6.45) is -0.458. The minimum absolute atomic E-state index is 0.203. The van der Waals surface area contributed by atoms with Crippen molar-refractivity contribution in [1.82, 2.24) is 5.32 Å². The van der Waals surface area contributed by atoms with Gasteiger partial charge in [-0.2, -0.15) is 0 Å². The van der Waals surface area contributed by atoms with Crippen molar-refractivity contribution in [1.29, 1.82) is 0 Å². The van der Waals surface area contributed by atoms with Crippen LogP contribution in [0.5, 0.6) is 5.75 Å². The van der Waals surface area contributed by atoms with Crippen LogP contribution in [0.15, 0.2) is 18.2 Å². The molecule has 0 fully saturated rings. The first-order valence-electron chi connectivity index (χ1n) is 5.30. The molecule has 0 bridgehead atoms. The Kier molecular flexibility index (Phi) is 4.71. The highest BCUT2D eigenvalue weighted by Gasteiger charge is 2.16. The standard InChI is InChI=1S/C12H18FNO2/c1-8(15)7-14-9(2)12-10(13)5-4-6-11(12)16-3/h4-6,8-9,14-15H,7H2,1-3H3. The first-order chi connectivity index (χ1) is 7.56. The number of hydrogen-bond acceptors (Lipinski definition) is 3. The van der Waals surface area contributed by atoms with E-state index in [9.17, 15) is 4.39 Å². The summed E-state index contributed by atoms with van der Waals surface area (Å²) in [7, 11) is 1.51. The van der Waals surface area contributed by atoms with Gasteiger partial charge in [-0.25, -0.2) is 4.39 Å². The van der Waals surface area contributed by atoms with Gasteiger partial charge in [-0.1, -0.05) is 6.07 Å². The molecule has 0 aliphatic heterocycles. The molecular weight excluding hydrogens is 209 g/mol. The molecule has 0 aromatic heterocycles. The van der Waals surface area contributed by atoms with Crippen LogP contribution in [0.2, 0.25) is 0 Å². The molecule has 4 heteroatoms. The van der Waals surface area contributed by atoms with E-state index in [0.717, 1.165) is 0 Å². The summed E-state index contributed by atoms with van der Waals surface area (Å²) in [6.45, 7) is 3.93. The maximum Gasteiger partial charge on any atom is 0.131 e. The topological polar surface area (TPSA) is 41.5 Å². The van der Waals surface area contributed by atoms with Gasteiger partial charge in [0.05, 0.1) is 13.2 Å². The van der Waals surface area contributed by atoms with Crippen molar-refractivity contribution in [2.24, 2.45) is 0 Å². The largest absolute Gasteiger partial charge is 0.496 e. The molecule has 2 atom stereocenters. The van der Waals surface area contributed by atoms with Crippen molar-refractivity contribution in [3.63, 3.8) is 0 Å². The highest BCUT2D eigenvalue weighted by molar-refractivity contribution is 5.36. The van der Waals surface area contributed by atoms with E-state index in [-0.39, 0.29) is 11.9 Å². The predicted molar refractivity (Wildman–Crippen MR) is 61.1 cm³/mol. The second kappa shape index (κ2) is 5.82. The summed E-state index contributed by atoms with van der Waals surface area (Å²) in [6, 6.07) is 4.53. The molecule has 2 unspecified atom stereocenters. The van der Waals surface area contributed by atoms with Crippen LogP contribution in [0.1, 0.15) is 25.5 Å². The Morgan fingerprint density at radius 1 is 1.44 bits per heavy atom. The van der Waals surface area contributed by atoms with Gasteiger partial charge in [0.2, 0.25) is 0 Å². The molecule has 16 heavy (non-hydrogen) atoms. The smallest absolute Gasteiger partial charge is 0.131 e. The van der Waals surface area contributed by atoms with Gasteiger partial charge in [-0.3, -0.25) is 0 Å². The van der Waals surface area contributed by atoms with E-state index < -0.39 is 6.10 Å². The lowest BCUT2D eigenvalue weighted by molar-refractivity contribution is 0.186. The lowest BCUT2D eigenvalue weighted by atomic mass is 10.1. The maximum absolute atomic E-state index is 13.6. The van der Waals surface area contributed by atoms with Crippen LogP contribution < -0.4 is 10.1 Å². The molecule has 2 N–H and O–H groups in total.